The first-order valence-electron chi connectivity index (χ1n) is 3.90. The lowest BCUT2D eigenvalue weighted by atomic mass is 10.4. The molecule has 0 atom stereocenters. The zero-order valence-electron chi connectivity index (χ0n) is 6.86. The molecule has 0 bridgehead atoms. The summed E-state index contributed by atoms with van der Waals surface area (Å²) in [6.45, 7) is 0.542. The molecule has 6 nitrogen and oxygen atoms in total. The highest BCUT2D eigenvalue weighted by atomic mass is 16.3. The third-order valence-electron chi connectivity index (χ3n) is 1.65. The van der Waals surface area contributed by atoms with Gasteiger partial charge in [-0.05, 0) is 0 Å². The predicted octanol–water partition coefficient (Wildman–Crippen LogP) is -0.243. The molecular weight excluding hydrogens is 170 g/mol. The minimum atomic E-state index is 0.0728. The molecule has 6 heteroatoms. The van der Waals surface area contributed by atoms with E-state index in [0.717, 1.165) is 5.39 Å². The topological polar surface area (TPSA) is 86.7 Å². The van der Waals surface area contributed by atoms with Crippen LogP contribution in [0.25, 0.3) is 11.0 Å². The summed E-state index contributed by atoms with van der Waals surface area (Å²) in [4.78, 5) is 8.00. The molecule has 0 fully saturated rings. The Bertz CT molecular complexity index is 398. The average molecular weight is 179 g/mol. The second-order valence-corrected chi connectivity index (χ2v) is 2.50. The van der Waals surface area contributed by atoms with Crippen molar-refractivity contribution in [3.05, 3.63) is 12.5 Å². The van der Waals surface area contributed by atoms with E-state index in [0.29, 0.717) is 18.0 Å². The van der Waals surface area contributed by atoms with Crippen LogP contribution in [0.4, 0.5) is 5.82 Å². The number of aromatic nitrogens is 4. The number of hydrogen-bond acceptors (Lipinski definition) is 5. The molecule has 0 radical (unpaired) electrons. The molecule has 0 aromatic carbocycles. The van der Waals surface area contributed by atoms with Crippen LogP contribution in [0.1, 0.15) is 0 Å². The normalized spacial score (nSPS) is 10.5. The van der Waals surface area contributed by atoms with Gasteiger partial charge >= 0.3 is 0 Å². The lowest BCUT2D eigenvalue weighted by molar-refractivity contribution is 0.311. The van der Waals surface area contributed by atoms with E-state index in [1.54, 1.807) is 6.20 Å². The van der Waals surface area contributed by atoms with Crippen LogP contribution in [0.3, 0.4) is 0 Å². The minimum Gasteiger partial charge on any atom is -0.395 e. The molecule has 0 saturated heterocycles. The van der Waals surface area contributed by atoms with Crippen molar-refractivity contribution in [2.75, 3.05) is 18.5 Å². The summed E-state index contributed by atoms with van der Waals surface area (Å²) in [7, 11) is 0. The summed E-state index contributed by atoms with van der Waals surface area (Å²) in [6.07, 6.45) is 3.09. The van der Waals surface area contributed by atoms with Crippen LogP contribution in [0, 0.1) is 0 Å². The molecule has 2 aromatic heterocycles. The van der Waals surface area contributed by atoms with Crippen molar-refractivity contribution < 1.29 is 5.11 Å². The van der Waals surface area contributed by atoms with E-state index in [9.17, 15) is 0 Å². The van der Waals surface area contributed by atoms with E-state index in [-0.39, 0.29) is 6.61 Å². The molecule has 0 aliphatic rings. The number of aliphatic hydroxyl groups is 1. The van der Waals surface area contributed by atoms with E-state index in [2.05, 4.69) is 25.5 Å². The third-order valence-corrected chi connectivity index (χ3v) is 1.65. The summed E-state index contributed by atoms with van der Waals surface area (Å²) >= 11 is 0. The summed E-state index contributed by atoms with van der Waals surface area (Å²) < 4.78 is 0. The minimum absolute atomic E-state index is 0.0728. The molecule has 13 heavy (non-hydrogen) atoms. The number of anilines is 1. The lowest BCUT2D eigenvalue weighted by Crippen LogP contribution is -2.07. The van der Waals surface area contributed by atoms with Crippen molar-refractivity contribution in [2.24, 2.45) is 0 Å². The highest BCUT2D eigenvalue weighted by Crippen LogP contribution is 2.14. The molecule has 0 spiro atoms. The molecule has 2 aromatic rings. The first-order valence-corrected chi connectivity index (χ1v) is 3.90. The quantitative estimate of drug-likeness (QED) is 0.605. The number of nitrogens with zero attached hydrogens (tertiary/aromatic N) is 3. The molecule has 0 unspecified atom stereocenters. The van der Waals surface area contributed by atoms with E-state index in [1.165, 1.54) is 6.33 Å². The highest BCUT2D eigenvalue weighted by molar-refractivity contribution is 5.85. The Balaban J connectivity index is 2.37. The second kappa shape index (κ2) is 3.36. The van der Waals surface area contributed by atoms with Crippen molar-refractivity contribution in [1.29, 1.82) is 0 Å². The predicted molar refractivity (Wildman–Crippen MR) is 47.3 cm³/mol. The van der Waals surface area contributed by atoms with Gasteiger partial charge in [-0.2, -0.15) is 5.10 Å². The van der Waals surface area contributed by atoms with Gasteiger partial charge in [0.25, 0.3) is 0 Å². The molecule has 3 N–H and O–H groups in total. The van der Waals surface area contributed by atoms with Crippen molar-refractivity contribution in [3.63, 3.8) is 0 Å². The number of aliphatic hydroxyl groups excluding tert-OH is 1. The van der Waals surface area contributed by atoms with Crippen LogP contribution in [0.2, 0.25) is 0 Å². The first kappa shape index (κ1) is 7.93. The largest absolute Gasteiger partial charge is 0.395 e. The van der Waals surface area contributed by atoms with E-state index >= 15 is 0 Å². The van der Waals surface area contributed by atoms with Crippen molar-refractivity contribution >= 4 is 16.9 Å². The molecule has 0 amide bonds. The smallest absolute Gasteiger partial charge is 0.160 e. The Morgan fingerprint density at radius 2 is 2.38 bits per heavy atom. The van der Waals surface area contributed by atoms with E-state index in [1.807, 2.05) is 0 Å². The second-order valence-electron chi connectivity index (χ2n) is 2.50. The monoisotopic (exact) mass is 179 g/mol. The number of hydrogen-bond donors (Lipinski definition) is 3. The molecule has 0 aliphatic carbocycles. The van der Waals surface area contributed by atoms with E-state index in [4.69, 9.17) is 5.11 Å². The Morgan fingerprint density at radius 3 is 3.23 bits per heavy atom. The maximum Gasteiger partial charge on any atom is 0.160 e. The molecule has 2 heterocycles. The van der Waals surface area contributed by atoms with Crippen LogP contribution >= 0.6 is 0 Å². The van der Waals surface area contributed by atoms with Crippen LogP contribution in [-0.4, -0.2) is 38.4 Å². The van der Waals surface area contributed by atoms with Gasteiger partial charge in [-0.3, -0.25) is 5.10 Å². The number of nitrogens with one attached hydrogen (secondary N) is 2. The summed E-state index contributed by atoms with van der Waals surface area (Å²) in [5.74, 6) is 0.688. The van der Waals surface area contributed by atoms with Crippen LogP contribution in [-0.2, 0) is 0 Å². The van der Waals surface area contributed by atoms with Gasteiger partial charge < -0.3 is 10.4 Å². The maximum absolute atomic E-state index is 8.62. The highest BCUT2D eigenvalue weighted by Gasteiger charge is 2.03. The number of fused-ring (bicyclic) bond motifs is 1. The summed E-state index contributed by atoms with van der Waals surface area (Å²) in [5.41, 5.74) is 0.690. The summed E-state index contributed by atoms with van der Waals surface area (Å²) in [5, 5.41) is 19.0. The van der Waals surface area contributed by atoms with Crippen molar-refractivity contribution in [2.45, 2.75) is 0 Å². The molecule has 2 rings (SSSR count). The van der Waals surface area contributed by atoms with Gasteiger partial charge in [0.15, 0.2) is 5.65 Å². The Kier molecular flexibility index (Phi) is 2.05. The zero-order chi connectivity index (χ0) is 9.10. The standard InChI is InChI=1S/C7H9N5O/c13-2-1-8-6-5-3-11-12-7(5)10-4-9-6/h3-4,13H,1-2H2,(H2,8,9,10,11,12). The fourth-order valence-corrected chi connectivity index (χ4v) is 1.08. The van der Waals surface area contributed by atoms with Gasteiger partial charge in [-0.25, -0.2) is 9.97 Å². The van der Waals surface area contributed by atoms with Crippen molar-refractivity contribution in [3.8, 4) is 0 Å². The fraction of sp³-hybridized carbons (Fsp3) is 0.286. The lowest BCUT2D eigenvalue weighted by Gasteiger charge is -2.02. The third kappa shape index (κ3) is 1.43. The maximum atomic E-state index is 8.62. The SMILES string of the molecule is OCCNc1ncnc2[nH]ncc12. The van der Waals surface area contributed by atoms with E-state index < -0.39 is 0 Å². The fourth-order valence-electron chi connectivity index (χ4n) is 1.08. The van der Waals surface area contributed by atoms with Gasteiger partial charge in [-0.1, -0.05) is 0 Å². The average Bonchev–Trinajstić information content (AvgIpc) is 2.62. The summed E-state index contributed by atoms with van der Waals surface area (Å²) in [6, 6.07) is 0. The van der Waals surface area contributed by atoms with Gasteiger partial charge in [0, 0.05) is 6.54 Å². The van der Waals surface area contributed by atoms with Crippen LogP contribution < -0.4 is 5.32 Å². The Labute approximate surface area is 74.0 Å². The molecular formula is C7H9N5O. The van der Waals surface area contributed by atoms with Gasteiger partial charge in [0.1, 0.15) is 12.1 Å². The molecule has 0 aliphatic heterocycles. The van der Waals surface area contributed by atoms with Gasteiger partial charge in [0.2, 0.25) is 0 Å². The zero-order valence-corrected chi connectivity index (χ0v) is 6.86. The number of rotatable bonds is 3. The Hall–Kier alpha value is -1.69. The van der Waals surface area contributed by atoms with Gasteiger partial charge in [0.05, 0.1) is 18.2 Å². The van der Waals surface area contributed by atoms with Crippen molar-refractivity contribution in [1.82, 2.24) is 20.2 Å². The van der Waals surface area contributed by atoms with Crippen LogP contribution in [0.5, 0.6) is 0 Å². The molecule has 68 valence electrons. The molecule has 0 saturated carbocycles. The van der Waals surface area contributed by atoms with Crippen LogP contribution in [0.15, 0.2) is 12.5 Å². The number of H-pyrrole nitrogens is 1. The number of aromatic amines is 1. The van der Waals surface area contributed by atoms with Gasteiger partial charge in [-0.15, -0.1) is 0 Å². The Morgan fingerprint density at radius 1 is 1.46 bits per heavy atom. The first-order chi connectivity index (χ1) is 6.42.